The zero-order valence-corrected chi connectivity index (χ0v) is 17.3. The van der Waals surface area contributed by atoms with E-state index in [1.165, 1.54) is 0 Å². The Morgan fingerprint density at radius 3 is 2.73 bits per heavy atom. The molecule has 0 saturated carbocycles. The summed E-state index contributed by atoms with van der Waals surface area (Å²) in [5.74, 6) is 0.803. The predicted molar refractivity (Wildman–Crippen MR) is 115 cm³/mol. The number of halogens is 1. The molecule has 3 rings (SSSR count). The summed E-state index contributed by atoms with van der Waals surface area (Å²) < 4.78 is 0. The molecule has 26 heavy (non-hydrogen) atoms. The van der Waals surface area contributed by atoms with Crippen LogP contribution in [0.1, 0.15) is 17.7 Å². The lowest BCUT2D eigenvalue weighted by Crippen LogP contribution is -2.44. The van der Waals surface area contributed by atoms with E-state index in [0.717, 1.165) is 16.9 Å². The van der Waals surface area contributed by atoms with Crippen LogP contribution < -0.4 is 15.5 Å². The van der Waals surface area contributed by atoms with E-state index >= 15 is 0 Å². The van der Waals surface area contributed by atoms with Crippen molar-refractivity contribution in [1.82, 2.24) is 15.6 Å². The second kappa shape index (κ2) is 9.51. The first-order chi connectivity index (χ1) is 12.2. The van der Waals surface area contributed by atoms with Gasteiger partial charge in [0.1, 0.15) is 0 Å². The summed E-state index contributed by atoms with van der Waals surface area (Å²) in [4.78, 5) is 22.7. The molecule has 0 bridgehead atoms. The van der Waals surface area contributed by atoms with Crippen LogP contribution in [0.3, 0.4) is 0 Å². The third-order valence-corrected chi connectivity index (χ3v) is 4.30. The van der Waals surface area contributed by atoms with Gasteiger partial charge in [0.05, 0.1) is 18.3 Å². The van der Waals surface area contributed by atoms with E-state index in [1.807, 2.05) is 54.3 Å². The van der Waals surface area contributed by atoms with Crippen molar-refractivity contribution < 1.29 is 4.79 Å². The van der Waals surface area contributed by atoms with E-state index in [4.69, 9.17) is 0 Å². The second-order valence-corrected chi connectivity index (χ2v) is 6.08. The summed E-state index contributed by atoms with van der Waals surface area (Å²) in [5, 5.41) is 6.60. The maximum absolute atomic E-state index is 12.3. The molecule has 1 saturated heterocycles. The van der Waals surface area contributed by atoms with E-state index in [9.17, 15) is 4.79 Å². The number of carbonyl (C=O) groups is 1. The van der Waals surface area contributed by atoms with Crippen LogP contribution in [0.2, 0.25) is 0 Å². The van der Waals surface area contributed by atoms with Gasteiger partial charge in [-0.05, 0) is 30.7 Å². The molecule has 1 fully saturated rings. The third-order valence-electron chi connectivity index (χ3n) is 4.30. The fourth-order valence-corrected chi connectivity index (χ4v) is 2.92. The van der Waals surface area contributed by atoms with Crippen molar-refractivity contribution in [2.24, 2.45) is 4.99 Å². The number of aryl methyl sites for hydroxylation is 1. The fourth-order valence-electron chi connectivity index (χ4n) is 2.92. The first kappa shape index (κ1) is 20.2. The average Bonchev–Trinajstić information content (AvgIpc) is 3.01. The zero-order valence-electron chi connectivity index (χ0n) is 15.0. The van der Waals surface area contributed by atoms with Crippen molar-refractivity contribution in [2.45, 2.75) is 25.9 Å². The summed E-state index contributed by atoms with van der Waals surface area (Å²) in [6.45, 7) is 3.26. The molecule has 7 heteroatoms. The molecular weight excluding hydrogens is 441 g/mol. The highest BCUT2D eigenvalue weighted by atomic mass is 127. The quantitative estimate of drug-likeness (QED) is 0.414. The van der Waals surface area contributed by atoms with Crippen LogP contribution in [0.4, 0.5) is 5.69 Å². The molecule has 1 amide bonds. The molecule has 1 atom stereocenters. The molecule has 1 aliphatic rings. The van der Waals surface area contributed by atoms with Gasteiger partial charge in [-0.3, -0.25) is 14.8 Å². The van der Waals surface area contributed by atoms with Crippen molar-refractivity contribution >= 4 is 41.5 Å². The smallest absolute Gasteiger partial charge is 0.229 e. The van der Waals surface area contributed by atoms with E-state index in [-0.39, 0.29) is 35.9 Å². The van der Waals surface area contributed by atoms with Gasteiger partial charge in [0.25, 0.3) is 0 Å². The Morgan fingerprint density at radius 2 is 2.04 bits per heavy atom. The van der Waals surface area contributed by atoms with E-state index in [2.05, 4.69) is 20.6 Å². The summed E-state index contributed by atoms with van der Waals surface area (Å²) >= 11 is 0. The van der Waals surface area contributed by atoms with E-state index in [0.29, 0.717) is 25.5 Å². The van der Waals surface area contributed by atoms with Crippen molar-refractivity contribution in [3.05, 3.63) is 59.9 Å². The van der Waals surface area contributed by atoms with Crippen LogP contribution in [0.5, 0.6) is 0 Å². The minimum Gasteiger partial charge on any atom is -0.351 e. The molecule has 0 aliphatic carbocycles. The van der Waals surface area contributed by atoms with Gasteiger partial charge in [-0.1, -0.05) is 24.3 Å². The number of nitrogens with one attached hydrogen (secondary N) is 2. The molecule has 1 aromatic heterocycles. The number of guanidine groups is 1. The number of nitrogens with zero attached hydrogens (tertiary/aromatic N) is 3. The Kier molecular flexibility index (Phi) is 7.38. The first-order valence-electron chi connectivity index (χ1n) is 8.40. The number of para-hydroxylation sites is 1. The van der Waals surface area contributed by atoms with Crippen LogP contribution in [0.15, 0.2) is 53.7 Å². The highest BCUT2D eigenvalue weighted by Crippen LogP contribution is 2.20. The fraction of sp³-hybridized carbons (Fsp3) is 0.316. The van der Waals surface area contributed by atoms with E-state index < -0.39 is 0 Å². The third kappa shape index (κ3) is 4.94. The number of amides is 1. The summed E-state index contributed by atoms with van der Waals surface area (Å²) in [6, 6.07) is 13.7. The number of benzene rings is 1. The summed E-state index contributed by atoms with van der Waals surface area (Å²) in [6.07, 6.45) is 2.24. The predicted octanol–water partition coefficient (Wildman–Crippen LogP) is 2.48. The first-order valence-corrected chi connectivity index (χ1v) is 8.40. The Hall–Kier alpha value is -2.16. The van der Waals surface area contributed by atoms with Crippen molar-refractivity contribution in [1.29, 1.82) is 0 Å². The minimum atomic E-state index is 0. The van der Waals surface area contributed by atoms with Crippen LogP contribution in [-0.4, -0.2) is 36.5 Å². The van der Waals surface area contributed by atoms with Crippen LogP contribution in [-0.2, 0) is 11.3 Å². The zero-order chi connectivity index (χ0) is 17.6. The van der Waals surface area contributed by atoms with Crippen LogP contribution in [0.25, 0.3) is 0 Å². The SMILES string of the molecule is CN=C(NCc1ncccc1C)NC1CC(=O)N(c2ccccc2)C1.I. The molecule has 2 N–H and O–H groups in total. The summed E-state index contributed by atoms with van der Waals surface area (Å²) in [7, 11) is 1.73. The van der Waals surface area contributed by atoms with Gasteiger partial charge in [-0.15, -0.1) is 24.0 Å². The Bertz CT molecular complexity index is 766. The molecular formula is C19H24IN5O. The Balaban J connectivity index is 0.00000243. The molecule has 138 valence electrons. The summed E-state index contributed by atoms with van der Waals surface area (Å²) in [5.41, 5.74) is 3.06. The van der Waals surface area contributed by atoms with Crippen molar-refractivity contribution in [2.75, 3.05) is 18.5 Å². The second-order valence-electron chi connectivity index (χ2n) is 6.08. The number of aromatic nitrogens is 1. The minimum absolute atomic E-state index is 0. The van der Waals surface area contributed by atoms with Crippen LogP contribution in [0, 0.1) is 6.92 Å². The average molecular weight is 465 g/mol. The normalized spacial score (nSPS) is 17.0. The van der Waals surface area contributed by atoms with Gasteiger partial charge in [-0.2, -0.15) is 0 Å². The molecule has 1 unspecified atom stereocenters. The molecule has 2 heterocycles. The maximum Gasteiger partial charge on any atom is 0.229 e. The lowest BCUT2D eigenvalue weighted by Gasteiger charge is -2.19. The molecule has 2 aromatic rings. The van der Waals surface area contributed by atoms with Crippen molar-refractivity contribution in [3.63, 3.8) is 0 Å². The van der Waals surface area contributed by atoms with Gasteiger partial charge in [-0.25, -0.2) is 0 Å². The molecule has 1 aliphatic heterocycles. The lowest BCUT2D eigenvalue weighted by atomic mass is 10.2. The lowest BCUT2D eigenvalue weighted by molar-refractivity contribution is -0.117. The number of carbonyl (C=O) groups excluding carboxylic acids is 1. The van der Waals surface area contributed by atoms with Crippen LogP contribution >= 0.6 is 24.0 Å². The number of anilines is 1. The molecule has 6 nitrogen and oxygen atoms in total. The maximum atomic E-state index is 12.3. The highest BCUT2D eigenvalue weighted by Gasteiger charge is 2.31. The standard InChI is InChI=1S/C19H23N5O.HI/c1-14-7-6-10-21-17(14)12-22-19(20-2)23-15-11-18(25)24(13-15)16-8-4-3-5-9-16;/h3-10,15H,11-13H2,1-2H3,(H2,20,22,23);1H. The van der Waals surface area contributed by atoms with Gasteiger partial charge in [0.2, 0.25) is 5.91 Å². The topological polar surface area (TPSA) is 69.6 Å². The highest BCUT2D eigenvalue weighted by molar-refractivity contribution is 14.0. The van der Waals surface area contributed by atoms with Gasteiger partial charge >= 0.3 is 0 Å². The van der Waals surface area contributed by atoms with Gasteiger partial charge in [0, 0.05) is 31.9 Å². The number of hydrogen-bond acceptors (Lipinski definition) is 3. The number of rotatable bonds is 4. The molecule has 0 spiro atoms. The van der Waals surface area contributed by atoms with Gasteiger partial charge < -0.3 is 15.5 Å². The van der Waals surface area contributed by atoms with E-state index in [1.54, 1.807) is 13.2 Å². The van der Waals surface area contributed by atoms with Gasteiger partial charge in [0.15, 0.2) is 5.96 Å². The molecule has 0 radical (unpaired) electrons. The molecule has 1 aromatic carbocycles. The number of aliphatic imine (C=N–C) groups is 1. The largest absolute Gasteiger partial charge is 0.351 e. The monoisotopic (exact) mass is 465 g/mol. The number of hydrogen-bond donors (Lipinski definition) is 2. The number of pyridine rings is 1. The Morgan fingerprint density at radius 1 is 1.27 bits per heavy atom. The van der Waals surface area contributed by atoms with Crippen molar-refractivity contribution in [3.8, 4) is 0 Å². The Labute approximate surface area is 171 Å².